The van der Waals surface area contributed by atoms with Crippen LogP contribution in [0.3, 0.4) is 0 Å². The number of nitrogens with zero attached hydrogens (tertiary/aromatic N) is 1. The molecule has 0 aliphatic rings. The van der Waals surface area contributed by atoms with Gasteiger partial charge in [0.15, 0.2) is 0 Å². The summed E-state index contributed by atoms with van der Waals surface area (Å²) < 4.78 is 4.78. The van der Waals surface area contributed by atoms with Crippen LogP contribution in [0.4, 0.5) is 0 Å². The summed E-state index contributed by atoms with van der Waals surface area (Å²) in [6, 6.07) is 15.6. The van der Waals surface area contributed by atoms with Crippen LogP contribution in [0.15, 0.2) is 53.4 Å². The molecule has 0 fully saturated rings. The van der Waals surface area contributed by atoms with Gasteiger partial charge in [-0.3, -0.25) is 0 Å². The van der Waals surface area contributed by atoms with Crippen LogP contribution in [0, 0.1) is 0 Å². The van der Waals surface area contributed by atoms with E-state index in [0.29, 0.717) is 11.1 Å². The Morgan fingerprint density at radius 3 is 2.76 bits per heavy atom. The Morgan fingerprint density at radius 2 is 2.00 bits per heavy atom. The molecule has 0 aliphatic carbocycles. The number of methoxy groups -OCH3 is 1. The second-order valence-corrected chi connectivity index (χ2v) is 5.53. The van der Waals surface area contributed by atoms with Gasteiger partial charge in [0, 0.05) is 4.90 Å². The van der Waals surface area contributed by atoms with E-state index in [1.807, 2.05) is 30.3 Å². The normalized spacial score (nSPS) is 10.7. The number of carbonyl (C=O) groups is 1. The van der Waals surface area contributed by atoms with E-state index in [1.165, 1.54) is 12.0 Å². The number of fused-ring (bicyclic) bond motifs is 1. The average Bonchev–Trinajstić information content (AvgIpc) is 2.96. The van der Waals surface area contributed by atoms with Crippen molar-refractivity contribution in [1.82, 2.24) is 9.97 Å². The number of aromatic amines is 1. The first-order chi connectivity index (χ1) is 10.3. The van der Waals surface area contributed by atoms with Crippen LogP contribution in [-0.4, -0.2) is 23.0 Å². The molecule has 0 aliphatic heterocycles. The second kappa shape index (κ2) is 6.01. The number of rotatable bonds is 4. The summed E-state index contributed by atoms with van der Waals surface area (Å²) in [5.41, 5.74) is 2.00. The van der Waals surface area contributed by atoms with Gasteiger partial charge in [-0.2, -0.15) is 0 Å². The highest BCUT2D eigenvalue weighted by molar-refractivity contribution is 7.98. The second-order valence-electron chi connectivity index (χ2n) is 4.48. The first-order valence-corrected chi connectivity index (χ1v) is 7.50. The van der Waals surface area contributed by atoms with E-state index < -0.39 is 0 Å². The van der Waals surface area contributed by atoms with Gasteiger partial charge in [0.05, 0.1) is 23.9 Å². The molecule has 3 rings (SSSR count). The molecule has 0 unspecified atom stereocenters. The topological polar surface area (TPSA) is 55.0 Å². The molecule has 5 heteroatoms. The number of aromatic nitrogens is 2. The van der Waals surface area contributed by atoms with Crippen LogP contribution in [-0.2, 0) is 10.5 Å². The number of hydrogen-bond donors (Lipinski definition) is 1. The van der Waals surface area contributed by atoms with Gasteiger partial charge < -0.3 is 9.72 Å². The zero-order chi connectivity index (χ0) is 14.7. The lowest BCUT2D eigenvalue weighted by molar-refractivity contribution is 0.0603. The first-order valence-electron chi connectivity index (χ1n) is 6.51. The Labute approximate surface area is 126 Å². The third-order valence-corrected chi connectivity index (χ3v) is 4.11. The molecule has 4 nitrogen and oxygen atoms in total. The Hall–Kier alpha value is -2.27. The van der Waals surface area contributed by atoms with Gasteiger partial charge in [-0.15, -0.1) is 11.8 Å². The molecule has 0 saturated carbocycles. The number of imidazole rings is 1. The quantitative estimate of drug-likeness (QED) is 0.590. The van der Waals surface area contributed by atoms with Crippen molar-refractivity contribution in [2.45, 2.75) is 10.6 Å². The van der Waals surface area contributed by atoms with Gasteiger partial charge in [-0.05, 0) is 24.3 Å². The maximum Gasteiger partial charge on any atom is 0.340 e. The molecule has 21 heavy (non-hydrogen) atoms. The first kappa shape index (κ1) is 13.7. The maximum absolute atomic E-state index is 11.7. The number of ether oxygens (including phenoxy) is 1. The molecule has 1 N–H and O–H groups in total. The van der Waals surface area contributed by atoms with Gasteiger partial charge in [0.1, 0.15) is 11.3 Å². The number of thioether (sulfide) groups is 1. The highest BCUT2D eigenvalue weighted by atomic mass is 32.2. The summed E-state index contributed by atoms with van der Waals surface area (Å²) in [6.07, 6.45) is 0. The van der Waals surface area contributed by atoms with E-state index in [0.717, 1.165) is 17.1 Å². The Morgan fingerprint density at radius 1 is 1.19 bits per heavy atom. The molecular formula is C16H14N2O2S. The Bertz CT molecular complexity index is 768. The fourth-order valence-corrected chi connectivity index (χ4v) is 2.88. The monoisotopic (exact) mass is 298 g/mol. The maximum atomic E-state index is 11.7. The predicted molar refractivity (Wildman–Crippen MR) is 83.4 cm³/mol. The summed E-state index contributed by atoms with van der Waals surface area (Å²) in [4.78, 5) is 20.7. The van der Waals surface area contributed by atoms with Crippen LogP contribution in [0.2, 0.25) is 0 Å². The van der Waals surface area contributed by atoms with Gasteiger partial charge in [0.2, 0.25) is 0 Å². The van der Waals surface area contributed by atoms with E-state index in [2.05, 4.69) is 22.1 Å². The van der Waals surface area contributed by atoms with E-state index in [-0.39, 0.29) is 5.97 Å². The van der Waals surface area contributed by atoms with Crippen molar-refractivity contribution in [3.8, 4) is 0 Å². The minimum Gasteiger partial charge on any atom is -0.465 e. The molecule has 0 bridgehead atoms. The number of esters is 1. The lowest BCUT2D eigenvalue weighted by atomic mass is 10.2. The van der Waals surface area contributed by atoms with Crippen molar-refractivity contribution in [3.63, 3.8) is 0 Å². The summed E-state index contributed by atoms with van der Waals surface area (Å²) in [6.45, 7) is 0. The third-order valence-electron chi connectivity index (χ3n) is 3.09. The van der Waals surface area contributed by atoms with Crippen molar-refractivity contribution in [3.05, 3.63) is 59.9 Å². The van der Waals surface area contributed by atoms with Crippen LogP contribution < -0.4 is 0 Å². The van der Waals surface area contributed by atoms with Crippen LogP contribution in [0.5, 0.6) is 0 Å². The molecule has 0 radical (unpaired) electrons. The van der Waals surface area contributed by atoms with Crippen LogP contribution >= 0.6 is 11.8 Å². The largest absolute Gasteiger partial charge is 0.465 e. The van der Waals surface area contributed by atoms with E-state index in [4.69, 9.17) is 4.74 Å². The molecular weight excluding hydrogens is 284 g/mol. The molecule has 1 heterocycles. The smallest absolute Gasteiger partial charge is 0.340 e. The number of H-pyrrole nitrogens is 1. The van der Waals surface area contributed by atoms with Gasteiger partial charge in [-0.25, -0.2) is 9.78 Å². The zero-order valence-electron chi connectivity index (χ0n) is 11.5. The Kier molecular flexibility index (Phi) is 3.92. The van der Waals surface area contributed by atoms with Crippen molar-refractivity contribution >= 4 is 28.8 Å². The number of nitrogens with one attached hydrogen (secondary N) is 1. The fourth-order valence-electron chi connectivity index (χ4n) is 2.09. The fraction of sp³-hybridized carbons (Fsp3) is 0.125. The van der Waals surface area contributed by atoms with Crippen molar-refractivity contribution in [2.75, 3.05) is 7.11 Å². The minimum absolute atomic E-state index is 0.366. The van der Waals surface area contributed by atoms with Crippen LogP contribution in [0.1, 0.15) is 16.2 Å². The summed E-state index contributed by atoms with van der Waals surface area (Å²) in [5.74, 6) is 1.20. The van der Waals surface area contributed by atoms with Gasteiger partial charge in [0.25, 0.3) is 0 Å². The molecule has 3 aromatic rings. The SMILES string of the molecule is COC(=O)c1cccc2[nH]c(CSc3ccccc3)nc12. The van der Waals surface area contributed by atoms with E-state index >= 15 is 0 Å². The number of para-hydroxylation sites is 1. The van der Waals surface area contributed by atoms with Gasteiger partial charge in [-0.1, -0.05) is 24.3 Å². The summed E-state index contributed by atoms with van der Waals surface area (Å²) in [7, 11) is 1.37. The van der Waals surface area contributed by atoms with Crippen LogP contribution in [0.25, 0.3) is 11.0 Å². The third kappa shape index (κ3) is 2.92. The number of benzene rings is 2. The lowest BCUT2D eigenvalue weighted by Gasteiger charge is -1.98. The zero-order valence-corrected chi connectivity index (χ0v) is 12.3. The molecule has 0 atom stereocenters. The summed E-state index contributed by atoms with van der Waals surface area (Å²) in [5, 5.41) is 0. The van der Waals surface area contributed by atoms with E-state index in [1.54, 1.807) is 17.8 Å². The van der Waals surface area contributed by atoms with Gasteiger partial charge >= 0.3 is 5.97 Å². The predicted octanol–water partition coefficient (Wildman–Crippen LogP) is 3.64. The molecule has 0 spiro atoms. The standard InChI is InChI=1S/C16H14N2O2S/c1-20-16(19)12-8-5-9-13-15(12)18-14(17-13)10-21-11-6-3-2-4-7-11/h2-9H,10H2,1H3,(H,17,18). The van der Waals surface area contributed by atoms with Crippen molar-refractivity contribution < 1.29 is 9.53 Å². The Balaban J connectivity index is 1.86. The molecule has 106 valence electrons. The molecule has 0 saturated heterocycles. The van der Waals surface area contributed by atoms with Crippen molar-refractivity contribution in [2.24, 2.45) is 0 Å². The molecule has 1 aromatic heterocycles. The number of hydrogen-bond acceptors (Lipinski definition) is 4. The lowest BCUT2D eigenvalue weighted by Crippen LogP contribution is -2.01. The van der Waals surface area contributed by atoms with E-state index in [9.17, 15) is 4.79 Å². The minimum atomic E-state index is -0.366. The number of carbonyl (C=O) groups excluding carboxylic acids is 1. The summed E-state index contributed by atoms with van der Waals surface area (Å²) >= 11 is 1.70. The average molecular weight is 298 g/mol. The molecule has 0 amide bonds. The molecule has 2 aromatic carbocycles. The van der Waals surface area contributed by atoms with Crippen molar-refractivity contribution in [1.29, 1.82) is 0 Å². The highest BCUT2D eigenvalue weighted by Gasteiger charge is 2.13. The highest BCUT2D eigenvalue weighted by Crippen LogP contribution is 2.23.